The fraction of sp³-hybridized carbons (Fsp3) is 0.824. The molecule has 0 saturated heterocycles. The second-order valence-electron chi connectivity index (χ2n) is 6.43. The van der Waals surface area contributed by atoms with Gasteiger partial charge >= 0.3 is 0 Å². The number of hydrogen-bond acceptors (Lipinski definition) is 2. The summed E-state index contributed by atoms with van der Waals surface area (Å²) in [4.78, 5) is 0. The van der Waals surface area contributed by atoms with Crippen LogP contribution >= 0.6 is 0 Å². The predicted molar refractivity (Wildman–Crippen MR) is 84.7 cm³/mol. The number of rotatable bonds is 7. The van der Waals surface area contributed by atoms with Crippen molar-refractivity contribution in [1.29, 1.82) is 0 Å². The van der Waals surface area contributed by atoms with Gasteiger partial charge < -0.3 is 5.32 Å². The van der Waals surface area contributed by atoms with Crippen molar-refractivity contribution in [3.63, 3.8) is 0 Å². The van der Waals surface area contributed by atoms with Crippen LogP contribution in [-0.2, 0) is 6.54 Å². The maximum absolute atomic E-state index is 4.66. The zero-order chi connectivity index (χ0) is 14.4. The van der Waals surface area contributed by atoms with E-state index in [9.17, 15) is 0 Å². The van der Waals surface area contributed by atoms with Crippen molar-refractivity contribution in [2.24, 2.45) is 5.92 Å². The Morgan fingerprint density at radius 3 is 2.70 bits per heavy atom. The lowest BCUT2D eigenvalue weighted by Crippen LogP contribution is -2.32. The van der Waals surface area contributed by atoms with E-state index >= 15 is 0 Å². The van der Waals surface area contributed by atoms with E-state index in [1.54, 1.807) is 0 Å². The molecule has 0 aromatic carbocycles. The lowest BCUT2D eigenvalue weighted by atomic mass is 9.83. The summed E-state index contributed by atoms with van der Waals surface area (Å²) in [5.74, 6) is 0.989. The third-order valence-corrected chi connectivity index (χ3v) is 4.82. The molecule has 20 heavy (non-hydrogen) atoms. The molecule has 1 unspecified atom stereocenters. The predicted octanol–water partition coefficient (Wildman–Crippen LogP) is 4.30. The van der Waals surface area contributed by atoms with E-state index in [4.69, 9.17) is 0 Å². The van der Waals surface area contributed by atoms with Gasteiger partial charge in [-0.15, -0.1) is 0 Å². The molecule has 3 nitrogen and oxygen atoms in total. The summed E-state index contributed by atoms with van der Waals surface area (Å²) in [6.07, 6.45) is 11.5. The summed E-state index contributed by atoms with van der Waals surface area (Å²) in [6, 6.07) is 3.37. The maximum Gasteiger partial charge on any atom is 0.0762 e. The van der Waals surface area contributed by atoms with E-state index in [1.165, 1.54) is 44.2 Å². The molecule has 1 saturated carbocycles. The Morgan fingerprint density at radius 2 is 2.05 bits per heavy atom. The molecule has 0 spiro atoms. The molecular formula is C17H31N3. The quantitative estimate of drug-likeness (QED) is 0.805. The molecule has 1 aliphatic rings. The highest BCUT2D eigenvalue weighted by Crippen LogP contribution is 2.27. The molecule has 1 fully saturated rings. The van der Waals surface area contributed by atoms with Crippen LogP contribution < -0.4 is 5.32 Å². The Bertz CT molecular complexity index is 377. The molecule has 1 aromatic heterocycles. The molecule has 0 radical (unpaired) electrons. The number of hydrogen-bond donors (Lipinski definition) is 1. The van der Waals surface area contributed by atoms with Crippen molar-refractivity contribution in [3.05, 3.63) is 18.0 Å². The first-order chi connectivity index (χ1) is 9.72. The number of nitrogens with zero attached hydrogens (tertiary/aromatic N) is 2. The van der Waals surface area contributed by atoms with Gasteiger partial charge in [0.25, 0.3) is 0 Å². The summed E-state index contributed by atoms with van der Waals surface area (Å²) in [6.45, 7) is 7.66. The van der Waals surface area contributed by atoms with Crippen molar-refractivity contribution in [1.82, 2.24) is 15.1 Å². The average Bonchev–Trinajstić information content (AvgIpc) is 2.95. The fourth-order valence-corrected chi connectivity index (χ4v) is 3.22. The summed E-state index contributed by atoms with van der Waals surface area (Å²) < 4.78 is 2.09. The molecule has 1 aliphatic carbocycles. The van der Waals surface area contributed by atoms with Crippen LogP contribution in [0.2, 0.25) is 0 Å². The molecule has 0 aliphatic heterocycles. The smallest absolute Gasteiger partial charge is 0.0762 e. The van der Waals surface area contributed by atoms with Crippen molar-refractivity contribution < 1.29 is 0 Å². The normalized spacial score (nSPS) is 24.8. The summed E-state index contributed by atoms with van der Waals surface area (Å²) in [5.41, 5.74) is 1.18. The lowest BCUT2D eigenvalue weighted by Gasteiger charge is -2.28. The van der Waals surface area contributed by atoms with Crippen molar-refractivity contribution in [2.45, 2.75) is 84.3 Å². The minimum absolute atomic E-state index is 0.508. The van der Waals surface area contributed by atoms with E-state index in [0.29, 0.717) is 12.1 Å². The number of aromatic nitrogens is 2. The highest BCUT2D eigenvalue weighted by molar-refractivity contribution is 4.99. The van der Waals surface area contributed by atoms with Gasteiger partial charge in [0.2, 0.25) is 0 Å². The Balaban J connectivity index is 1.72. The zero-order valence-electron chi connectivity index (χ0n) is 13.4. The molecular weight excluding hydrogens is 246 g/mol. The van der Waals surface area contributed by atoms with Crippen molar-refractivity contribution >= 4 is 0 Å². The molecule has 1 heterocycles. The van der Waals surface area contributed by atoms with E-state index in [0.717, 1.165) is 18.9 Å². The molecule has 3 heteroatoms. The summed E-state index contributed by atoms with van der Waals surface area (Å²) in [5, 5.41) is 8.36. The van der Waals surface area contributed by atoms with Gasteiger partial charge in [-0.3, -0.25) is 4.68 Å². The van der Waals surface area contributed by atoms with Gasteiger partial charge in [0.15, 0.2) is 0 Å². The Kier molecular flexibility index (Phi) is 6.08. The SMILES string of the molecule is CCCC1CCC(NCc2ccn(C(C)CC)n2)CC1. The fourth-order valence-electron chi connectivity index (χ4n) is 3.22. The van der Waals surface area contributed by atoms with Gasteiger partial charge in [-0.1, -0.05) is 26.7 Å². The van der Waals surface area contributed by atoms with Crippen LogP contribution in [-0.4, -0.2) is 15.8 Å². The van der Waals surface area contributed by atoms with E-state index < -0.39 is 0 Å². The van der Waals surface area contributed by atoms with Crippen molar-refractivity contribution in [2.75, 3.05) is 0 Å². The Labute approximate surface area is 124 Å². The minimum Gasteiger partial charge on any atom is -0.308 e. The monoisotopic (exact) mass is 277 g/mol. The van der Waals surface area contributed by atoms with E-state index in [2.05, 4.69) is 48.1 Å². The molecule has 1 atom stereocenters. The van der Waals surface area contributed by atoms with Gasteiger partial charge in [-0.25, -0.2) is 0 Å². The first-order valence-electron chi connectivity index (χ1n) is 8.50. The highest BCUT2D eigenvalue weighted by Gasteiger charge is 2.20. The molecule has 0 bridgehead atoms. The lowest BCUT2D eigenvalue weighted by molar-refractivity contribution is 0.277. The Hall–Kier alpha value is -0.830. The van der Waals surface area contributed by atoms with E-state index in [-0.39, 0.29) is 0 Å². The Morgan fingerprint density at radius 1 is 1.30 bits per heavy atom. The van der Waals surface area contributed by atoms with Crippen molar-refractivity contribution in [3.8, 4) is 0 Å². The maximum atomic E-state index is 4.66. The third-order valence-electron chi connectivity index (χ3n) is 4.82. The topological polar surface area (TPSA) is 29.9 Å². The van der Waals surface area contributed by atoms with Gasteiger partial charge in [-0.05, 0) is 51.0 Å². The van der Waals surface area contributed by atoms with Gasteiger partial charge in [0.05, 0.1) is 5.69 Å². The first kappa shape index (κ1) is 15.6. The van der Waals surface area contributed by atoms with Gasteiger partial charge in [-0.2, -0.15) is 5.10 Å². The van der Waals surface area contributed by atoms with E-state index in [1.807, 2.05) is 0 Å². The molecule has 1 aromatic rings. The summed E-state index contributed by atoms with van der Waals surface area (Å²) in [7, 11) is 0. The van der Waals surface area contributed by atoms with Crippen LogP contribution in [0.4, 0.5) is 0 Å². The standard InChI is InChI=1S/C17H31N3/c1-4-6-15-7-9-16(10-8-15)18-13-17-11-12-20(19-17)14(3)5-2/h11-12,14-16,18H,4-10,13H2,1-3H3. The molecule has 114 valence electrons. The molecule has 0 amide bonds. The second-order valence-corrected chi connectivity index (χ2v) is 6.43. The van der Waals surface area contributed by atoms with Crippen LogP contribution in [0, 0.1) is 5.92 Å². The first-order valence-corrected chi connectivity index (χ1v) is 8.50. The largest absolute Gasteiger partial charge is 0.308 e. The highest BCUT2D eigenvalue weighted by atomic mass is 15.3. The molecule has 1 N–H and O–H groups in total. The zero-order valence-corrected chi connectivity index (χ0v) is 13.4. The number of nitrogens with one attached hydrogen (secondary N) is 1. The van der Waals surface area contributed by atoms with Gasteiger partial charge in [0, 0.05) is 24.8 Å². The second kappa shape index (κ2) is 7.82. The summed E-state index contributed by atoms with van der Waals surface area (Å²) >= 11 is 0. The average molecular weight is 277 g/mol. The van der Waals surface area contributed by atoms with Crippen LogP contribution in [0.1, 0.15) is 77.5 Å². The van der Waals surface area contributed by atoms with Crippen LogP contribution in [0.15, 0.2) is 12.3 Å². The van der Waals surface area contributed by atoms with Gasteiger partial charge in [0.1, 0.15) is 0 Å². The van der Waals surface area contributed by atoms with Crippen LogP contribution in [0.3, 0.4) is 0 Å². The minimum atomic E-state index is 0.508. The van der Waals surface area contributed by atoms with Crippen LogP contribution in [0.25, 0.3) is 0 Å². The molecule has 2 rings (SSSR count). The van der Waals surface area contributed by atoms with Crippen LogP contribution in [0.5, 0.6) is 0 Å². The third kappa shape index (κ3) is 4.34.